The van der Waals surface area contributed by atoms with Crippen LogP contribution in [0.4, 0.5) is 5.69 Å². The number of esters is 1. The van der Waals surface area contributed by atoms with Crippen molar-refractivity contribution in [3.63, 3.8) is 0 Å². The van der Waals surface area contributed by atoms with Crippen molar-refractivity contribution in [2.45, 2.75) is 76.9 Å². The summed E-state index contributed by atoms with van der Waals surface area (Å²) in [6.45, 7) is 1.98. The van der Waals surface area contributed by atoms with Crippen LogP contribution in [0.25, 0.3) is 0 Å². The first kappa shape index (κ1) is 25.4. The summed E-state index contributed by atoms with van der Waals surface area (Å²) >= 11 is 1.42. The van der Waals surface area contributed by atoms with Gasteiger partial charge in [0.05, 0.1) is 12.7 Å². The first-order valence-electron chi connectivity index (χ1n) is 12.0. The SMILES string of the molecule is CCCCC[C@H](O)c1ccc(N2C(=O)CCC2CCCc2ccc(C(=O)OCCO)s2)cc1. The number of aliphatic hydroxyl groups excluding tert-OH is 2. The number of benzene rings is 1. The number of nitrogens with zero attached hydrogens (tertiary/aromatic N) is 1. The zero-order chi connectivity index (χ0) is 23.6. The Labute approximate surface area is 200 Å². The fraction of sp³-hybridized carbons (Fsp3) is 0.538. The number of ether oxygens (including phenoxy) is 1. The second kappa shape index (κ2) is 12.9. The summed E-state index contributed by atoms with van der Waals surface area (Å²) in [5.41, 5.74) is 1.81. The predicted molar refractivity (Wildman–Crippen MR) is 131 cm³/mol. The summed E-state index contributed by atoms with van der Waals surface area (Å²) in [4.78, 5) is 28.0. The summed E-state index contributed by atoms with van der Waals surface area (Å²) in [7, 11) is 0. The number of aryl methyl sites for hydroxylation is 1. The van der Waals surface area contributed by atoms with Crippen molar-refractivity contribution in [2.24, 2.45) is 0 Å². The Balaban J connectivity index is 1.53. The monoisotopic (exact) mass is 473 g/mol. The van der Waals surface area contributed by atoms with Gasteiger partial charge in [-0.05, 0) is 61.9 Å². The van der Waals surface area contributed by atoms with Gasteiger partial charge in [-0.3, -0.25) is 4.79 Å². The number of amides is 1. The lowest BCUT2D eigenvalue weighted by Gasteiger charge is -2.25. The first-order valence-corrected chi connectivity index (χ1v) is 12.8. The van der Waals surface area contributed by atoms with Crippen LogP contribution in [0.1, 0.15) is 84.5 Å². The number of carbonyl (C=O) groups excluding carboxylic acids is 2. The predicted octanol–water partition coefficient (Wildman–Crippen LogP) is 5.03. The van der Waals surface area contributed by atoms with E-state index in [4.69, 9.17) is 9.84 Å². The van der Waals surface area contributed by atoms with Gasteiger partial charge in [-0.25, -0.2) is 4.79 Å². The lowest BCUT2D eigenvalue weighted by atomic mass is 10.0. The molecule has 1 aromatic heterocycles. The van der Waals surface area contributed by atoms with Gasteiger partial charge in [0.25, 0.3) is 0 Å². The van der Waals surface area contributed by atoms with E-state index >= 15 is 0 Å². The molecule has 2 heterocycles. The third-order valence-electron chi connectivity index (χ3n) is 6.11. The Morgan fingerprint density at radius 2 is 1.97 bits per heavy atom. The third kappa shape index (κ3) is 7.13. The molecule has 0 aliphatic carbocycles. The van der Waals surface area contributed by atoms with Crippen LogP contribution in [0.3, 0.4) is 0 Å². The van der Waals surface area contributed by atoms with Crippen LogP contribution >= 0.6 is 11.3 Å². The minimum Gasteiger partial charge on any atom is -0.459 e. The van der Waals surface area contributed by atoms with Crippen LogP contribution in [0.2, 0.25) is 0 Å². The summed E-state index contributed by atoms with van der Waals surface area (Å²) in [6.07, 6.45) is 7.67. The summed E-state index contributed by atoms with van der Waals surface area (Å²) in [5, 5.41) is 19.2. The van der Waals surface area contributed by atoms with Gasteiger partial charge < -0.3 is 19.8 Å². The van der Waals surface area contributed by atoms with E-state index in [1.165, 1.54) is 11.3 Å². The highest BCUT2D eigenvalue weighted by Crippen LogP contribution is 2.31. The molecule has 1 amide bonds. The van der Waals surface area contributed by atoms with E-state index in [9.17, 15) is 14.7 Å². The summed E-state index contributed by atoms with van der Waals surface area (Å²) in [6, 6.07) is 11.7. The molecule has 2 N–H and O–H groups in total. The van der Waals surface area contributed by atoms with Crippen molar-refractivity contribution < 1.29 is 24.5 Å². The molecule has 1 aromatic carbocycles. The third-order valence-corrected chi connectivity index (χ3v) is 7.24. The molecule has 0 radical (unpaired) electrons. The normalized spacial score (nSPS) is 16.9. The Morgan fingerprint density at radius 1 is 1.18 bits per heavy atom. The fourth-order valence-electron chi connectivity index (χ4n) is 4.33. The first-order chi connectivity index (χ1) is 16.0. The van der Waals surface area contributed by atoms with Gasteiger partial charge in [0.2, 0.25) is 5.91 Å². The number of hydrogen-bond acceptors (Lipinski definition) is 6. The van der Waals surface area contributed by atoms with Crippen LogP contribution in [0, 0.1) is 0 Å². The number of rotatable bonds is 13. The number of aliphatic hydroxyl groups is 2. The van der Waals surface area contributed by atoms with Crippen LogP contribution in [0.5, 0.6) is 0 Å². The Morgan fingerprint density at radius 3 is 2.70 bits per heavy atom. The topological polar surface area (TPSA) is 87.1 Å². The van der Waals surface area contributed by atoms with Gasteiger partial charge in [0.15, 0.2) is 0 Å². The van der Waals surface area contributed by atoms with Gasteiger partial charge >= 0.3 is 5.97 Å². The average Bonchev–Trinajstić information content (AvgIpc) is 3.44. The molecular weight excluding hydrogens is 438 g/mol. The van der Waals surface area contributed by atoms with Crippen molar-refractivity contribution >= 4 is 28.9 Å². The largest absolute Gasteiger partial charge is 0.459 e. The van der Waals surface area contributed by atoms with Crippen molar-refractivity contribution in [3.8, 4) is 0 Å². The lowest BCUT2D eigenvalue weighted by molar-refractivity contribution is -0.117. The molecule has 7 heteroatoms. The minimum absolute atomic E-state index is 0.0103. The zero-order valence-corrected chi connectivity index (χ0v) is 20.2. The highest BCUT2D eigenvalue weighted by Gasteiger charge is 2.31. The van der Waals surface area contributed by atoms with Crippen molar-refractivity contribution in [2.75, 3.05) is 18.1 Å². The maximum Gasteiger partial charge on any atom is 0.348 e. The Hall–Kier alpha value is -2.22. The maximum absolute atomic E-state index is 12.6. The number of thiophene rings is 1. The molecule has 33 heavy (non-hydrogen) atoms. The summed E-state index contributed by atoms with van der Waals surface area (Å²) in [5.74, 6) is -0.243. The fourth-order valence-corrected chi connectivity index (χ4v) is 5.27. The molecule has 1 aliphatic heterocycles. The molecular formula is C26H35NO5S. The van der Waals surface area contributed by atoms with Gasteiger partial charge in [-0.1, -0.05) is 38.3 Å². The lowest BCUT2D eigenvalue weighted by Crippen LogP contribution is -2.32. The molecule has 0 spiro atoms. The van der Waals surface area contributed by atoms with E-state index < -0.39 is 12.1 Å². The Kier molecular flexibility index (Phi) is 9.91. The van der Waals surface area contributed by atoms with E-state index in [-0.39, 0.29) is 25.2 Å². The molecule has 0 bridgehead atoms. The van der Waals surface area contributed by atoms with E-state index in [0.717, 1.165) is 67.5 Å². The van der Waals surface area contributed by atoms with Crippen LogP contribution in [-0.4, -0.2) is 41.3 Å². The highest BCUT2D eigenvalue weighted by atomic mass is 32.1. The molecule has 2 aromatic rings. The average molecular weight is 474 g/mol. The van der Waals surface area contributed by atoms with Crippen LogP contribution in [0.15, 0.2) is 36.4 Å². The van der Waals surface area contributed by atoms with Crippen LogP contribution in [-0.2, 0) is 16.0 Å². The molecule has 1 unspecified atom stereocenters. The molecule has 1 fully saturated rings. The molecule has 3 rings (SSSR count). The van der Waals surface area contributed by atoms with E-state index in [2.05, 4.69) is 6.92 Å². The standard InChI is InChI=1S/C26H35NO5S/c1-2-3-4-8-23(29)19-9-11-21(12-10-19)27-20(13-16-25(27)30)6-5-7-22-14-15-24(33-22)26(31)32-18-17-28/h9-12,14-15,20,23,28-29H,2-8,13,16-18H2,1H3/t20?,23-/m0/s1. The number of carbonyl (C=O) groups is 2. The zero-order valence-electron chi connectivity index (χ0n) is 19.4. The second-order valence-electron chi connectivity index (χ2n) is 8.58. The molecule has 180 valence electrons. The number of unbranched alkanes of at least 4 members (excludes halogenated alkanes) is 2. The molecule has 0 saturated carbocycles. The van der Waals surface area contributed by atoms with Gasteiger partial charge in [-0.2, -0.15) is 0 Å². The van der Waals surface area contributed by atoms with Crippen molar-refractivity contribution in [3.05, 3.63) is 51.7 Å². The number of hydrogen-bond donors (Lipinski definition) is 2. The summed E-state index contributed by atoms with van der Waals surface area (Å²) < 4.78 is 4.96. The smallest absolute Gasteiger partial charge is 0.348 e. The highest BCUT2D eigenvalue weighted by molar-refractivity contribution is 7.13. The number of anilines is 1. The van der Waals surface area contributed by atoms with Gasteiger partial charge in [0.1, 0.15) is 11.5 Å². The molecule has 6 nitrogen and oxygen atoms in total. The van der Waals surface area contributed by atoms with E-state index in [0.29, 0.717) is 11.3 Å². The second-order valence-corrected chi connectivity index (χ2v) is 9.75. The minimum atomic E-state index is -0.452. The molecule has 1 saturated heterocycles. The van der Waals surface area contributed by atoms with Gasteiger partial charge in [0, 0.05) is 23.0 Å². The van der Waals surface area contributed by atoms with Crippen LogP contribution < -0.4 is 4.90 Å². The van der Waals surface area contributed by atoms with Crippen molar-refractivity contribution in [1.82, 2.24) is 0 Å². The van der Waals surface area contributed by atoms with Gasteiger partial charge in [-0.15, -0.1) is 11.3 Å². The quantitative estimate of drug-likeness (QED) is 0.315. The maximum atomic E-state index is 12.6. The van der Waals surface area contributed by atoms with E-state index in [1.54, 1.807) is 6.07 Å². The molecule has 1 aliphatic rings. The van der Waals surface area contributed by atoms with Crippen molar-refractivity contribution in [1.29, 1.82) is 0 Å². The molecule has 2 atom stereocenters. The Bertz CT molecular complexity index is 894. The van der Waals surface area contributed by atoms with E-state index in [1.807, 2.05) is 35.2 Å².